The van der Waals surface area contributed by atoms with Gasteiger partial charge in [-0.05, 0) is 19.4 Å². The number of nitrogens with one attached hydrogen (secondary N) is 1. The van der Waals surface area contributed by atoms with Gasteiger partial charge in [0.2, 0.25) is 0 Å². The minimum Gasteiger partial charge on any atom is -0.385 e. The molecule has 1 saturated heterocycles. The fraction of sp³-hybridized carbons (Fsp3) is 1.00. The first kappa shape index (κ1) is 12.9. The van der Waals surface area contributed by atoms with E-state index in [-0.39, 0.29) is 0 Å². The molecule has 1 fully saturated rings. The number of hydrogen-bond donors (Lipinski definition) is 1. The molecule has 1 N–H and O–H groups in total. The van der Waals surface area contributed by atoms with Crippen LogP contribution >= 0.6 is 0 Å². The summed E-state index contributed by atoms with van der Waals surface area (Å²) in [6.07, 6.45) is 2.22. The van der Waals surface area contributed by atoms with Crippen LogP contribution in [0.3, 0.4) is 0 Å². The number of methoxy groups -OCH3 is 1. The van der Waals surface area contributed by atoms with Crippen LogP contribution in [0.2, 0.25) is 0 Å². The zero-order valence-corrected chi connectivity index (χ0v) is 9.67. The summed E-state index contributed by atoms with van der Waals surface area (Å²) in [5.74, 6) is 0.624. The SMILES string of the molecule is COCCCNCCOCC1CCOC1. The lowest BCUT2D eigenvalue weighted by molar-refractivity contribution is 0.0910. The van der Waals surface area contributed by atoms with Crippen LogP contribution in [0.15, 0.2) is 0 Å². The Bertz CT molecular complexity index is 138. The molecule has 1 atom stereocenters. The van der Waals surface area contributed by atoms with Gasteiger partial charge in [-0.1, -0.05) is 0 Å². The molecule has 0 aromatic carbocycles. The second kappa shape index (κ2) is 9.09. The first-order valence-corrected chi connectivity index (χ1v) is 5.78. The van der Waals surface area contributed by atoms with Crippen molar-refractivity contribution in [3.8, 4) is 0 Å². The van der Waals surface area contributed by atoms with E-state index in [1.54, 1.807) is 7.11 Å². The van der Waals surface area contributed by atoms with Gasteiger partial charge in [-0.15, -0.1) is 0 Å². The first-order valence-electron chi connectivity index (χ1n) is 5.78. The maximum Gasteiger partial charge on any atom is 0.0591 e. The topological polar surface area (TPSA) is 39.7 Å². The van der Waals surface area contributed by atoms with Gasteiger partial charge in [0.25, 0.3) is 0 Å². The van der Waals surface area contributed by atoms with Gasteiger partial charge in [0.1, 0.15) is 0 Å². The zero-order valence-electron chi connectivity index (χ0n) is 9.67. The third kappa shape index (κ3) is 6.84. The fourth-order valence-electron chi connectivity index (χ4n) is 1.58. The Labute approximate surface area is 92.3 Å². The van der Waals surface area contributed by atoms with Crippen LogP contribution in [-0.4, -0.2) is 53.2 Å². The van der Waals surface area contributed by atoms with Gasteiger partial charge in [-0.3, -0.25) is 0 Å². The summed E-state index contributed by atoms with van der Waals surface area (Å²) in [5, 5.41) is 3.31. The van der Waals surface area contributed by atoms with Crippen LogP contribution in [0, 0.1) is 5.92 Å². The van der Waals surface area contributed by atoms with Crippen molar-refractivity contribution in [2.45, 2.75) is 12.8 Å². The molecule has 4 heteroatoms. The van der Waals surface area contributed by atoms with Gasteiger partial charge < -0.3 is 19.5 Å². The van der Waals surface area contributed by atoms with Crippen LogP contribution in [0.5, 0.6) is 0 Å². The normalized spacial score (nSPS) is 21.0. The Balaban J connectivity index is 1.73. The molecule has 1 unspecified atom stereocenters. The molecule has 0 aromatic heterocycles. The molecule has 0 radical (unpaired) electrons. The second-order valence-electron chi connectivity index (χ2n) is 3.90. The van der Waals surface area contributed by atoms with Crippen molar-refractivity contribution in [1.82, 2.24) is 5.32 Å². The average molecular weight is 217 g/mol. The molecular weight excluding hydrogens is 194 g/mol. The van der Waals surface area contributed by atoms with E-state index in [9.17, 15) is 0 Å². The highest BCUT2D eigenvalue weighted by molar-refractivity contribution is 4.62. The molecule has 15 heavy (non-hydrogen) atoms. The van der Waals surface area contributed by atoms with Gasteiger partial charge in [0, 0.05) is 32.8 Å². The number of ether oxygens (including phenoxy) is 3. The minimum atomic E-state index is 0.624. The highest BCUT2D eigenvalue weighted by Crippen LogP contribution is 2.11. The molecule has 90 valence electrons. The molecule has 1 aliphatic rings. The van der Waals surface area contributed by atoms with E-state index in [1.807, 2.05) is 0 Å². The maximum atomic E-state index is 5.55. The van der Waals surface area contributed by atoms with E-state index in [1.165, 1.54) is 0 Å². The van der Waals surface area contributed by atoms with Crippen molar-refractivity contribution < 1.29 is 14.2 Å². The van der Waals surface area contributed by atoms with Crippen LogP contribution < -0.4 is 5.32 Å². The predicted octanol–water partition coefficient (Wildman–Crippen LogP) is 0.666. The quantitative estimate of drug-likeness (QED) is 0.576. The molecule has 0 aromatic rings. The largest absolute Gasteiger partial charge is 0.385 e. The molecule has 0 bridgehead atoms. The Morgan fingerprint density at radius 2 is 2.27 bits per heavy atom. The molecule has 0 saturated carbocycles. The van der Waals surface area contributed by atoms with Crippen molar-refractivity contribution in [2.75, 3.05) is 53.2 Å². The van der Waals surface area contributed by atoms with Crippen molar-refractivity contribution in [1.29, 1.82) is 0 Å². The van der Waals surface area contributed by atoms with Crippen LogP contribution in [0.25, 0.3) is 0 Å². The molecule has 1 rings (SSSR count). The summed E-state index contributed by atoms with van der Waals surface area (Å²) < 4.78 is 15.8. The fourth-order valence-corrected chi connectivity index (χ4v) is 1.58. The third-order valence-corrected chi connectivity index (χ3v) is 2.50. The molecule has 0 spiro atoms. The molecule has 1 heterocycles. The van der Waals surface area contributed by atoms with Crippen LogP contribution in [0.4, 0.5) is 0 Å². The van der Waals surface area contributed by atoms with E-state index in [4.69, 9.17) is 14.2 Å². The first-order chi connectivity index (χ1) is 7.43. The second-order valence-corrected chi connectivity index (χ2v) is 3.90. The van der Waals surface area contributed by atoms with Crippen LogP contribution in [0.1, 0.15) is 12.8 Å². The van der Waals surface area contributed by atoms with Gasteiger partial charge in [-0.25, -0.2) is 0 Å². The summed E-state index contributed by atoms with van der Waals surface area (Å²) in [6, 6.07) is 0. The predicted molar refractivity (Wildman–Crippen MR) is 59.1 cm³/mol. The Hall–Kier alpha value is -0.160. The Kier molecular flexibility index (Phi) is 7.83. The standard InChI is InChI=1S/C11H23NO3/c1-13-6-2-4-12-5-8-15-10-11-3-7-14-9-11/h11-12H,2-10H2,1H3. The van der Waals surface area contributed by atoms with Gasteiger partial charge >= 0.3 is 0 Å². The summed E-state index contributed by atoms with van der Waals surface area (Å²) in [6.45, 7) is 6.18. The van der Waals surface area contributed by atoms with Gasteiger partial charge in [-0.2, -0.15) is 0 Å². The number of hydrogen-bond acceptors (Lipinski definition) is 4. The number of rotatable bonds is 9. The summed E-state index contributed by atoms with van der Waals surface area (Å²) >= 11 is 0. The smallest absolute Gasteiger partial charge is 0.0591 e. The lowest BCUT2D eigenvalue weighted by Gasteiger charge is -2.09. The lowest BCUT2D eigenvalue weighted by atomic mass is 10.1. The van der Waals surface area contributed by atoms with Crippen molar-refractivity contribution >= 4 is 0 Å². The minimum absolute atomic E-state index is 0.624. The van der Waals surface area contributed by atoms with E-state index in [2.05, 4.69) is 5.32 Å². The van der Waals surface area contributed by atoms with Gasteiger partial charge in [0.05, 0.1) is 19.8 Å². The van der Waals surface area contributed by atoms with Crippen molar-refractivity contribution in [3.05, 3.63) is 0 Å². The van der Waals surface area contributed by atoms with Crippen molar-refractivity contribution in [3.63, 3.8) is 0 Å². The maximum absolute atomic E-state index is 5.55. The third-order valence-electron chi connectivity index (χ3n) is 2.50. The van der Waals surface area contributed by atoms with Gasteiger partial charge in [0.15, 0.2) is 0 Å². The van der Waals surface area contributed by atoms with E-state index in [0.29, 0.717) is 5.92 Å². The lowest BCUT2D eigenvalue weighted by Crippen LogP contribution is -2.23. The summed E-state index contributed by atoms with van der Waals surface area (Å²) in [4.78, 5) is 0. The molecule has 1 aliphatic heterocycles. The zero-order chi connectivity index (χ0) is 10.8. The molecular formula is C11H23NO3. The van der Waals surface area contributed by atoms with E-state index >= 15 is 0 Å². The summed E-state index contributed by atoms with van der Waals surface area (Å²) in [5.41, 5.74) is 0. The Morgan fingerprint density at radius 3 is 3.00 bits per heavy atom. The monoisotopic (exact) mass is 217 g/mol. The average Bonchev–Trinajstić information content (AvgIpc) is 2.75. The van der Waals surface area contributed by atoms with E-state index in [0.717, 1.165) is 59.0 Å². The summed E-state index contributed by atoms with van der Waals surface area (Å²) in [7, 11) is 1.73. The highest BCUT2D eigenvalue weighted by Gasteiger charge is 2.14. The van der Waals surface area contributed by atoms with Crippen LogP contribution in [-0.2, 0) is 14.2 Å². The molecule has 4 nitrogen and oxygen atoms in total. The van der Waals surface area contributed by atoms with Crippen molar-refractivity contribution in [2.24, 2.45) is 5.92 Å². The Morgan fingerprint density at radius 1 is 1.33 bits per heavy atom. The molecule has 0 aliphatic carbocycles. The highest BCUT2D eigenvalue weighted by atomic mass is 16.5. The molecule has 0 amide bonds. The van der Waals surface area contributed by atoms with E-state index < -0.39 is 0 Å².